The Bertz CT molecular complexity index is 692. The Labute approximate surface area is 155 Å². The highest BCUT2D eigenvalue weighted by molar-refractivity contribution is 5.80. The van der Waals surface area contributed by atoms with Crippen LogP contribution in [0.4, 0.5) is 5.69 Å². The van der Waals surface area contributed by atoms with Crippen molar-refractivity contribution in [2.45, 2.75) is 13.0 Å². The predicted octanol–water partition coefficient (Wildman–Crippen LogP) is 1.68. The van der Waals surface area contributed by atoms with Crippen LogP contribution in [0.5, 0.6) is 5.75 Å². The third-order valence-electron chi connectivity index (χ3n) is 4.62. The van der Waals surface area contributed by atoms with Gasteiger partial charge in [-0.3, -0.25) is 9.67 Å². The van der Waals surface area contributed by atoms with E-state index in [4.69, 9.17) is 4.74 Å². The lowest BCUT2D eigenvalue weighted by Crippen LogP contribution is -2.52. The first-order chi connectivity index (χ1) is 12.8. The van der Waals surface area contributed by atoms with Crippen LogP contribution in [0.25, 0.3) is 0 Å². The molecule has 3 rings (SSSR count). The number of guanidine groups is 1. The van der Waals surface area contributed by atoms with Gasteiger partial charge < -0.3 is 19.9 Å². The van der Waals surface area contributed by atoms with Crippen molar-refractivity contribution in [3.63, 3.8) is 0 Å². The summed E-state index contributed by atoms with van der Waals surface area (Å²) in [5, 5.41) is 7.70. The molecule has 7 heteroatoms. The number of hydrogen-bond acceptors (Lipinski definition) is 4. The maximum atomic E-state index is 5.49. The summed E-state index contributed by atoms with van der Waals surface area (Å²) in [5.41, 5.74) is 1.16. The van der Waals surface area contributed by atoms with Gasteiger partial charge in [-0.2, -0.15) is 5.10 Å². The fourth-order valence-electron chi connectivity index (χ4n) is 3.26. The normalized spacial score (nSPS) is 15.2. The molecule has 140 valence electrons. The number of ether oxygens (including phenoxy) is 1. The minimum Gasteiger partial charge on any atom is -0.495 e. The number of nitrogens with zero attached hydrogens (tertiary/aromatic N) is 5. The Morgan fingerprint density at radius 1 is 1.19 bits per heavy atom. The standard InChI is InChI=1S/C19H28N6O/c1-20-19(21-9-5-11-25-12-6-10-22-25)24-15-13-23(14-16-24)17-7-3-4-8-18(17)26-2/h3-4,6-8,10,12H,5,9,11,13-16H2,1-2H3,(H,20,21). The van der Waals surface area contributed by atoms with E-state index in [1.54, 1.807) is 7.11 Å². The van der Waals surface area contributed by atoms with Crippen LogP contribution in [-0.4, -0.2) is 67.5 Å². The summed E-state index contributed by atoms with van der Waals surface area (Å²) in [7, 11) is 3.58. The first-order valence-electron chi connectivity index (χ1n) is 9.13. The molecule has 0 spiro atoms. The van der Waals surface area contributed by atoms with Gasteiger partial charge in [0.25, 0.3) is 0 Å². The molecule has 0 radical (unpaired) electrons. The van der Waals surface area contributed by atoms with Gasteiger partial charge in [-0.25, -0.2) is 0 Å². The van der Waals surface area contributed by atoms with Gasteiger partial charge in [0.2, 0.25) is 0 Å². The Hall–Kier alpha value is -2.70. The van der Waals surface area contributed by atoms with Crippen LogP contribution in [0.2, 0.25) is 0 Å². The van der Waals surface area contributed by atoms with Gasteiger partial charge in [0.1, 0.15) is 5.75 Å². The van der Waals surface area contributed by atoms with Crippen LogP contribution in [-0.2, 0) is 6.54 Å². The molecule has 0 amide bonds. The fraction of sp³-hybridized carbons (Fsp3) is 0.474. The van der Waals surface area contributed by atoms with Crippen LogP contribution >= 0.6 is 0 Å². The lowest BCUT2D eigenvalue weighted by Gasteiger charge is -2.38. The van der Waals surface area contributed by atoms with E-state index in [1.165, 1.54) is 0 Å². The zero-order chi connectivity index (χ0) is 18.2. The number of hydrogen-bond donors (Lipinski definition) is 1. The molecule has 1 aliphatic heterocycles. The number of piperazine rings is 1. The number of rotatable bonds is 6. The van der Waals surface area contributed by atoms with Crippen molar-refractivity contribution >= 4 is 11.6 Å². The summed E-state index contributed by atoms with van der Waals surface area (Å²) in [6.07, 6.45) is 4.82. The minimum atomic E-state index is 0.888. The van der Waals surface area contributed by atoms with Gasteiger partial charge in [-0.15, -0.1) is 0 Å². The second kappa shape index (κ2) is 9.12. The second-order valence-electron chi connectivity index (χ2n) is 6.24. The van der Waals surface area contributed by atoms with Gasteiger partial charge in [-0.05, 0) is 24.6 Å². The van der Waals surface area contributed by atoms with Gasteiger partial charge in [0, 0.05) is 58.7 Å². The lowest BCUT2D eigenvalue weighted by atomic mass is 10.2. The lowest BCUT2D eigenvalue weighted by molar-refractivity contribution is 0.366. The Kier molecular flexibility index (Phi) is 6.35. The molecule has 1 saturated heterocycles. The average Bonchev–Trinajstić information content (AvgIpc) is 3.22. The third kappa shape index (κ3) is 4.47. The van der Waals surface area contributed by atoms with E-state index in [0.29, 0.717) is 0 Å². The van der Waals surface area contributed by atoms with Crippen molar-refractivity contribution in [2.75, 3.05) is 51.8 Å². The van der Waals surface area contributed by atoms with E-state index in [1.807, 2.05) is 42.3 Å². The molecule has 2 heterocycles. The molecule has 0 aliphatic carbocycles. The average molecular weight is 356 g/mol. The van der Waals surface area contributed by atoms with Crippen molar-refractivity contribution in [2.24, 2.45) is 4.99 Å². The molecule has 1 aromatic carbocycles. The quantitative estimate of drug-likeness (QED) is 0.485. The fourth-order valence-corrected chi connectivity index (χ4v) is 3.26. The molecular weight excluding hydrogens is 328 g/mol. The van der Waals surface area contributed by atoms with Crippen molar-refractivity contribution in [3.8, 4) is 5.75 Å². The maximum Gasteiger partial charge on any atom is 0.193 e. The second-order valence-corrected chi connectivity index (χ2v) is 6.24. The first kappa shape index (κ1) is 18.1. The van der Waals surface area contributed by atoms with Gasteiger partial charge in [-0.1, -0.05) is 12.1 Å². The molecule has 0 atom stereocenters. The monoisotopic (exact) mass is 356 g/mol. The third-order valence-corrected chi connectivity index (χ3v) is 4.62. The molecular formula is C19H28N6O. The summed E-state index contributed by atoms with van der Waals surface area (Å²) in [5.74, 6) is 1.91. The number of benzene rings is 1. The van der Waals surface area contributed by atoms with Crippen molar-refractivity contribution in [1.29, 1.82) is 0 Å². The number of para-hydroxylation sites is 2. The van der Waals surface area contributed by atoms with Crippen molar-refractivity contribution in [3.05, 3.63) is 42.7 Å². The molecule has 0 bridgehead atoms. The van der Waals surface area contributed by atoms with Gasteiger partial charge in [0.05, 0.1) is 12.8 Å². The highest BCUT2D eigenvalue weighted by Gasteiger charge is 2.21. The molecule has 0 saturated carbocycles. The smallest absolute Gasteiger partial charge is 0.193 e. The SMILES string of the molecule is CN=C(NCCCn1cccn1)N1CCN(c2ccccc2OC)CC1. The van der Waals surface area contributed by atoms with E-state index in [0.717, 1.165) is 63.1 Å². The largest absolute Gasteiger partial charge is 0.495 e. The number of nitrogens with one attached hydrogen (secondary N) is 1. The molecule has 2 aromatic rings. The topological polar surface area (TPSA) is 57.9 Å². The number of aryl methyl sites for hydroxylation is 1. The summed E-state index contributed by atoms with van der Waals surface area (Å²) in [4.78, 5) is 9.14. The zero-order valence-corrected chi connectivity index (χ0v) is 15.6. The highest BCUT2D eigenvalue weighted by Crippen LogP contribution is 2.28. The first-order valence-corrected chi connectivity index (χ1v) is 9.13. The molecule has 0 unspecified atom stereocenters. The van der Waals surface area contributed by atoms with Crippen molar-refractivity contribution < 1.29 is 4.74 Å². The zero-order valence-electron chi connectivity index (χ0n) is 15.6. The Morgan fingerprint density at radius 2 is 2.00 bits per heavy atom. The van der Waals surface area contributed by atoms with E-state index in [9.17, 15) is 0 Å². The predicted molar refractivity (Wildman–Crippen MR) is 105 cm³/mol. The van der Waals surface area contributed by atoms with E-state index in [-0.39, 0.29) is 0 Å². The molecule has 7 nitrogen and oxygen atoms in total. The van der Waals surface area contributed by atoms with E-state index in [2.05, 4.69) is 37.3 Å². The summed E-state index contributed by atoms with van der Waals surface area (Å²) >= 11 is 0. The van der Waals surface area contributed by atoms with Crippen LogP contribution in [0, 0.1) is 0 Å². The van der Waals surface area contributed by atoms with Crippen molar-refractivity contribution in [1.82, 2.24) is 20.0 Å². The molecule has 26 heavy (non-hydrogen) atoms. The summed E-state index contributed by atoms with van der Waals surface area (Å²) in [6.45, 7) is 5.59. The Balaban J connectivity index is 1.46. The Morgan fingerprint density at radius 3 is 2.69 bits per heavy atom. The number of anilines is 1. The molecule has 1 aliphatic rings. The molecule has 1 N–H and O–H groups in total. The summed E-state index contributed by atoms with van der Waals surface area (Å²) in [6, 6.07) is 10.2. The van der Waals surface area contributed by atoms with Crippen LogP contribution in [0.1, 0.15) is 6.42 Å². The summed E-state index contributed by atoms with van der Waals surface area (Å²) < 4.78 is 7.45. The van der Waals surface area contributed by atoms with Crippen LogP contribution < -0.4 is 15.0 Å². The molecule has 1 aromatic heterocycles. The number of methoxy groups -OCH3 is 1. The maximum absolute atomic E-state index is 5.49. The highest BCUT2D eigenvalue weighted by atomic mass is 16.5. The number of aromatic nitrogens is 2. The number of aliphatic imine (C=N–C) groups is 1. The van der Waals surface area contributed by atoms with Gasteiger partial charge in [0.15, 0.2) is 5.96 Å². The van der Waals surface area contributed by atoms with E-state index < -0.39 is 0 Å². The van der Waals surface area contributed by atoms with Crippen LogP contribution in [0.15, 0.2) is 47.7 Å². The molecule has 1 fully saturated rings. The minimum absolute atomic E-state index is 0.888. The van der Waals surface area contributed by atoms with Crippen LogP contribution in [0.3, 0.4) is 0 Å². The van der Waals surface area contributed by atoms with E-state index >= 15 is 0 Å². The van der Waals surface area contributed by atoms with Gasteiger partial charge >= 0.3 is 0 Å².